The van der Waals surface area contributed by atoms with Crippen molar-refractivity contribution >= 4 is 10.9 Å². The molecule has 1 unspecified atom stereocenters. The molecule has 0 fully saturated rings. The average molecular weight is 243 g/mol. The second kappa shape index (κ2) is 3.77. The van der Waals surface area contributed by atoms with E-state index in [1.165, 1.54) is 6.92 Å². The minimum absolute atomic E-state index is 0.0869. The molecule has 0 spiro atoms. The van der Waals surface area contributed by atoms with Crippen LogP contribution in [0.15, 0.2) is 18.2 Å². The zero-order valence-corrected chi connectivity index (χ0v) is 9.39. The Hall–Kier alpha value is -1.49. The van der Waals surface area contributed by atoms with Gasteiger partial charge in [-0.15, -0.1) is 0 Å². The van der Waals surface area contributed by atoms with Crippen molar-refractivity contribution in [2.45, 2.75) is 26.1 Å². The number of alkyl halides is 3. The number of halogens is 3. The lowest BCUT2D eigenvalue weighted by atomic mass is 10.0. The van der Waals surface area contributed by atoms with Gasteiger partial charge < -0.3 is 10.1 Å². The number of benzene rings is 1. The van der Waals surface area contributed by atoms with Gasteiger partial charge in [-0.1, -0.05) is 11.6 Å². The van der Waals surface area contributed by atoms with Crippen LogP contribution in [0.3, 0.4) is 0 Å². The molecular formula is C12H12F3NO. The number of aliphatic hydroxyl groups excluding tert-OH is 1. The van der Waals surface area contributed by atoms with E-state index < -0.39 is 12.3 Å². The molecule has 0 bridgehead atoms. The molecular weight excluding hydrogens is 231 g/mol. The standard InChI is InChI=1S/C12H12F3NO/c1-6-3-4-9-8(5-6)10(7(2)16-9)11(17)12(13,14)15/h3-5,11,16-17H,1-2H3. The molecule has 92 valence electrons. The molecule has 0 aliphatic carbocycles. The third-order valence-corrected chi connectivity index (χ3v) is 2.77. The SMILES string of the molecule is Cc1ccc2[nH]c(C)c(C(O)C(F)(F)F)c2c1. The van der Waals surface area contributed by atoms with E-state index in [4.69, 9.17) is 0 Å². The van der Waals surface area contributed by atoms with Crippen LogP contribution >= 0.6 is 0 Å². The Morgan fingerprint density at radius 2 is 1.88 bits per heavy atom. The van der Waals surface area contributed by atoms with Crippen LogP contribution in [-0.2, 0) is 0 Å². The molecule has 0 aliphatic rings. The van der Waals surface area contributed by atoms with Crippen LogP contribution in [0.25, 0.3) is 10.9 Å². The van der Waals surface area contributed by atoms with Crippen LogP contribution in [0.2, 0.25) is 0 Å². The number of hydrogen-bond donors (Lipinski definition) is 2. The highest BCUT2D eigenvalue weighted by molar-refractivity contribution is 5.85. The van der Waals surface area contributed by atoms with E-state index in [0.29, 0.717) is 16.6 Å². The normalized spacial score (nSPS) is 14.2. The Labute approximate surface area is 96.1 Å². The molecule has 1 atom stereocenters. The van der Waals surface area contributed by atoms with E-state index >= 15 is 0 Å². The fourth-order valence-corrected chi connectivity index (χ4v) is 1.98. The lowest BCUT2D eigenvalue weighted by Gasteiger charge is -2.15. The summed E-state index contributed by atoms with van der Waals surface area (Å²) < 4.78 is 37.7. The van der Waals surface area contributed by atoms with Crippen LogP contribution in [0.1, 0.15) is 22.9 Å². The van der Waals surface area contributed by atoms with Gasteiger partial charge in [0.1, 0.15) is 0 Å². The largest absolute Gasteiger partial charge is 0.418 e. The Kier molecular flexibility index (Phi) is 2.66. The quantitative estimate of drug-likeness (QED) is 0.791. The molecule has 0 saturated carbocycles. The van der Waals surface area contributed by atoms with Gasteiger partial charge in [0.25, 0.3) is 0 Å². The van der Waals surface area contributed by atoms with Gasteiger partial charge in [-0.25, -0.2) is 0 Å². The van der Waals surface area contributed by atoms with Crippen molar-refractivity contribution in [2.75, 3.05) is 0 Å². The van der Waals surface area contributed by atoms with E-state index in [1.807, 2.05) is 6.07 Å². The Morgan fingerprint density at radius 1 is 1.24 bits per heavy atom. The molecule has 0 aliphatic heterocycles. The van der Waals surface area contributed by atoms with E-state index in [0.717, 1.165) is 5.56 Å². The molecule has 2 N–H and O–H groups in total. The first-order valence-electron chi connectivity index (χ1n) is 5.14. The third kappa shape index (κ3) is 2.02. The number of H-pyrrole nitrogens is 1. The van der Waals surface area contributed by atoms with Gasteiger partial charge in [-0.05, 0) is 26.0 Å². The van der Waals surface area contributed by atoms with Gasteiger partial charge in [0, 0.05) is 22.2 Å². The van der Waals surface area contributed by atoms with Gasteiger partial charge in [0.15, 0.2) is 6.10 Å². The first-order valence-corrected chi connectivity index (χ1v) is 5.14. The van der Waals surface area contributed by atoms with Crippen molar-refractivity contribution in [1.29, 1.82) is 0 Å². The average Bonchev–Trinajstić information content (AvgIpc) is 2.51. The lowest BCUT2D eigenvalue weighted by Crippen LogP contribution is -2.20. The highest BCUT2D eigenvalue weighted by Crippen LogP contribution is 2.38. The second-order valence-electron chi connectivity index (χ2n) is 4.16. The first kappa shape index (κ1) is 12.0. The monoisotopic (exact) mass is 243 g/mol. The van der Waals surface area contributed by atoms with E-state index in [9.17, 15) is 18.3 Å². The summed E-state index contributed by atoms with van der Waals surface area (Å²) in [5.74, 6) is 0. The summed E-state index contributed by atoms with van der Waals surface area (Å²) in [4.78, 5) is 2.85. The number of aliphatic hydroxyl groups is 1. The summed E-state index contributed by atoms with van der Waals surface area (Å²) in [5, 5.41) is 9.79. The van der Waals surface area contributed by atoms with Crippen LogP contribution < -0.4 is 0 Å². The predicted molar refractivity (Wildman–Crippen MR) is 58.8 cm³/mol. The molecule has 5 heteroatoms. The lowest BCUT2D eigenvalue weighted by molar-refractivity contribution is -0.206. The van der Waals surface area contributed by atoms with Crippen molar-refractivity contribution in [3.63, 3.8) is 0 Å². The van der Waals surface area contributed by atoms with Crippen LogP contribution in [0.4, 0.5) is 13.2 Å². The summed E-state index contributed by atoms with van der Waals surface area (Å²) in [7, 11) is 0. The third-order valence-electron chi connectivity index (χ3n) is 2.77. The summed E-state index contributed by atoms with van der Waals surface area (Å²) in [6.45, 7) is 3.32. The predicted octanol–water partition coefficient (Wildman–Crippen LogP) is 3.38. The molecule has 0 amide bonds. The van der Waals surface area contributed by atoms with Crippen LogP contribution in [0.5, 0.6) is 0 Å². The van der Waals surface area contributed by atoms with E-state index in [1.54, 1.807) is 19.1 Å². The highest BCUT2D eigenvalue weighted by atomic mass is 19.4. The summed E-state index contributed by atoms with van der Waals surface area (Å²) in [6.07, 6.45) is -7.10. The maximum atomic E-state index is 12.6. The van der Waals surface area contributed by atoms with Gasteiger partial charge in [0.05, 0.1) is 0 Å². The summed E-state index contributed by atoms with van der Waals surface area (Å²) in [5.41, 5.74) is 1.71. The van der Waals surface area contributed by atoms with Gasteiger partial charge in [-0.3, -0.25) is 0 Å². The number of nitrogens with one attached hydrogen (secondary N) is 1. The minimum atomic E-state index is -4.65. The maximum Gasteiger partial charge on any atom is 0.418 e. The molecule has 2 rings (SSSR count). The number of fused-ring (bicyclic) bond motifs is 1. The minimum Gasteiger partial charge on any atom is -0.379 e. The number of aromatic amines is 1. The summed E-state index contributed by atoms with van der Waals surface area (Å²) in [6, 6.07) is 5.16. The van der Waals surface area contributed by atoms with Crippen LogP contribution in [-0.4, -0.2) is 16.3 Å². The Balaban J connectivity index is 2.68. The van der Waals surface area contributed by atoms with Crippen molar-refractivity contribution < 1.29 is 18.3 Å². The zero-order chi connectivity index (χ0) is 12.8. The van der Waals surface area contributed by atoms with Crippen molar-refractivity contribution in [3.05, 3.63) is 35.0 Å². The zero-order valence-electron chi connectivity index (χ0n) is 9.39. The molecule has 2 aromatic rings. The van der Waals surface area contributed by atoms with Crippen molar-refractivity contribution in [2.24, 2.45) is 0 Å². The number of aryl methyl sites for hydroxylation is 2. The van der Waals surface area contributed by atoms with E-state index in [-0.39, 0.29) is 5.56 Å². The first-order chi connectivity index (χ1) is 7.80. The fourth-order valence-electron chi connectivity index (χ4n) is 1.98. The van der Waals surface area contributed by atoms with Crippen molar-refractivity contribution in [3.8, 4) is 0 Å². The number of hydrogen-bond acceptors (Lipinski definition) is 1. The van der Waals surface area contributed by atoms with Crippen LogP contribution in [0, 0.1) is 13.8 Å². The molecule has 1 aromatic heterocycles. The molecule has 1 heterocycles. The van der Waals surface area contributed by atoms with Crippen molar-refractivity contribution in [1.82, 2.24) is 4.98 Å². The molecule has 17 heavy (non-hydrogen) atoms. The Morgan fingerprint density at radius 3 is 2.47 bits per heavy atom. The Bertz CT molecular complexity index is 557. The smallest absolute Gasteiger partial charge is 0.379 e. The number of rotatable bonds is 1. The number of aromatic nitrogens is 1. The molecule has 0 saturated heterocycles. The highest BCUT2D eigenvalue weighted by Gasteiger charge is 2.41. The second-order valence-corrected chi connectivity index (χ2v) is 4.16. The van der Waals surface area contributed by atoms with Gasteiger partial charge in [0.2, 0.25) is 0 Å². The van der Waals surface area contributed by atoms with Gasteiger partial charge >= 0.3 is 6.18 Å². The summed E-state index contributed by atoms with van der Waals surface area (Å²) >= 11 is 0. The topological polar surface area (TPSA) is 36.0 Å². The molecule has 1 aromatic carbocycles. The van der Waals surface area contributed by atoms with Gasteiger partial charge in [-0.2, -0.15) is 13.2 Å². The molecule has 0 radical (unpaired) electrons. The molecule has 2 nitrogen and oxygen atoms in total. The maximum absolute atomic E-state index is 12.6. The van der Waals surface area contributed by atoms with E-state index in [2.05, 4.69) is 4.98 Å². The fraction of sp³-hybridized carbons (Fsp3) is 0.333.